The Morgan fingerprint density at radius 3 is 2.34 bits per heavy atom. The Morgan fingerprint density at radius 1 is 0.969 bits per heavy atom. The van der Waals surface area contributed by atoms with Gasteiger partial charge in [-0.1, -0.05) is 17.7 Å². The van der Waals surface area contributed by atoms with Crippen LogP contribution in [-0.2, 0) is 0 Å². The number of aromatic nitrogens is 3. The summed E-state index contributed by atoms with van der Waals surface area (Å²) in [4.78, 5) is 17.5. The molecule has 0 atom stereocenters. The fourth-order valence-corrected chi connectivity index (χ4v) is 3.15. The number of ether oxygens (including phenoxy) is 2. The highest BCUT2D eigenvalue weighted by Crippen LogP contribution is 2.29. The van der Waals surface area contributed by atoms with E-state index in [1.807, 2.05) is 31.2 Å². The summed E-state index contributed by atoms with van der Waals surface area (Å²) in [6, 6.07) is 18.6. The Hall–Kier alpha value is -4.20. The summed E-state index contributed by atoms with van der Waals surface area (Å²) in [7, 11) is 3.04. The summed E-state index contributed by atoms with van der Waals surface area (Å²) in [5.74, 6) is 0.512. The summed E-state index contributed by atoms with van der Waals surface area (Å²) >= 11 is 0. The lowest BCUT2D eigenvalue weighted by Gasteiger charge is -2.10. The van der Waals surface area contributed by atoms with Gasteiger partial charge in [0.15, 0.2) is 5.82 Å². The molecule has 4 rings (SSSR count). The first kappa shape index (κ1) is 21.0. The summed E-state index contributed by atoms with van der Waals surface area (Å²) < 4.78 is 25.6. The first-order valence-electron chi connectivity index (χ1n) is 9.82. The zero-order chi connectivity index (χ0) is 22.7. The molecule has 0 radical (unpaired) electrons. The second kappa shape index (κ2) is 8.89. The average molecular weight is 432 g/mol. The lowest BCUT2D eigenvalue weighted by molar-refractivity contribution is 0.101. The number of hydrogen-bond donors (Lipinski definition) is 1. The fourth-order valence-electron chi connectivity index (χ4n) is 3.15. The highest BCUT2D eigenvalue weighted by atomic mass is 19.1. The molecule has 3 aromatic carbocycles. The highest BCUT2D eigenvalue weighted by molar-refractivity contribution is 6.02. The van der Waals surface area contributed by atoms with Crippen molar-refractivity contribution in [1.29, 1.82) is 0 Å². The van der Waals surface area contributed by atoms with Crippen LogP contribution in [0.15, 0.2) is 66.7 Å². The van der Waals surface area contributed by atoms with E-state index in [0.717, 1.165) is 11.3 Å². The van der Waals surface area contributed by atoms with Gasteiger partial charge in [0.2, 0.25) is 5.82 Å². The third-order valence-corrected chi connectivity index (χ3v) is 4.85. The molecule has 7 nitrogen and oxygen atoms in total. The molecule has 1 amide bonds. The van der Waals surface area contributed by atoms with Crippen LogP contribution in [0.2, 0.25) is 0 Å². The van der Waals surface area contributed by atoms with Crippen molar-refractivity contribution in [2.24, 2.45) is 0 Å². The van der Waals surface area contributed by atoms with Gasteiger partial charge in [0.1, 0.15) is 17.3 Å². The Morgan fingerprint density at radius 2 is 1.69 bits per heavy atom. The summed E-state index contributed by atoms with van der Waals surface area (Å²) in [6.45, 7) is 1.98. The Kier molecular flexibility index (Phi) is 5.85. The smallest absolute Gasteiger partial charge is 0.295 e. The van der Waals surface area contributed by atoms with E-state index in [0.29, 0.717) is 28.6 Å². The van der Waals surface area contributed by atoms with Crippen LogP contribution < -0.4 is 14.8 Å². The number of aryl methyl sites for hydroxylation is 1. The Bertz CT molecular complexity index is 1190. The minimum Gasteiger partial charge on any atom is -0.497 e. The maximum absolute atomic E-state index is 13.5. The number of halogens is 1. The van der Waals surface area contributed by atoms with Crippen molar-refractivity contribution in [3.8, 4) is 28.6 Å². The minimum atomic E-state index is -0.522. The number of amides is 1. The van der Waals surface area contributed by atoms with Crippen molar-refractivity contribution in [2.75, 3.05) is 19.5 Å². The third-order valence-electron chi connectivity index (χ3n) is 4.85. The molecule has 0 saturated heterocycles. The van der Waals surface area contributed by atoms with Gasteiger partial charge < -0.3 is 14.8 Å². The largest absolute Gasteiger partial charge is 0.497 e. The number of nitrogens with one attached hydrogen (secondary N) is 1. The molecule has 0 unspecified atom stereocenters. The number of benzene rings is 3. The van der Waals surface area contributed by atoms with Gasteiger partial charge in [-0.25, -0.2) is 14.1 Å². The number of carbonyl (C=O) groups is 1. The van der Waals surface area contributed by atoms with Gasteiger partial charge in [-0.2, -0.15) is 0 Å². The molecule has 0 saturated carbocycles. The number of methoxy groups -OCH3 is 2. The van der Waals surface area contributed by atoms with Crippen molar-refractivity contribution in [1.82, 2.24) is 14.8 Å². The average Bonchev–Trinajstić information content (AvgIpc) is 3.25. The van der Waals surface area contributed by atoms with Gasteiger partial charge >= 0.3 is 0 Å². The SMILES string of the molecule is COc1ccc(OC)c(NC(=O)c2nc(-c3ccc(F)cc3)n(-c3ccc(C)cc3)n2)c1. The standard InChI is InChI=1S/C24H21FN4O3/c1-15-4-10-18(11-5-15)29-23(16-6-8-17(25)9-7-16)27-22(28-29)24(30)26-20-14-19(31-2)12-13-21(20)32-3/h4-14H,1-3H3,(H,26,30). The number of nitrogens with zero attached hydrogens (tertiary/aromatic N) is 3. The van der Waals surface area contributed by atoms with E-state index in [1.54, 1.807) is 35.0 Å². The lowest BCUT2D eigenvalue weighted by Crippen LogP contribution is -2.15. The van der Waals surface area contributed by atoms with E-state index >= 15 is 0 Å². The minimum absolute atomic E-state index is 0.0465. The van der Waals surface area contributed by atoms with E-state index in [-0.39, 0.29) is 11.6 Å². The molecule has 1 heterocycles. The molecule has 4 aromatic rings. The Labute approximate surface area is 184 Å². The maximum Gasteiger partial charge on any atom is 0.295 e. The third kappa shape index (κ3) is 4.29. The molecular formula is C24H21FN4O3. The van der Waals surface area contributed by atoms with Crippen LogP contribution in [0.25, 0.3) is 17.1 Å². The van der Waals surface area contributed by atoms with E-state index in [9.17, 15) is 9.18 Å². The first-order chi connectivity index (χ1) is 15.5. The van der Waals surface area contributed by atoms with E-state index in [2.05, 4.69) is 15.4 Å². The summed E-state index contributed by atoms with van der Waals surface area (Å²) in [5.41, 5.74) is 2.85. The normalized spacial score (nSPS) is 10.6. The van der Waals surface area contributed by atoms with Crippen LogP contribution >= 0.6 is 0 Å². The van der Waals surface area contributed by atoms with Crippen molar-refractivity contribution in [3.63, 3.8) is 0 Å². The van der Waals surface area contributed by atoms with Gasteiger partial charge in [0.25, 0.3) is 5.91 Å². The van der Waals surface area contributed by atoms with Crippen LogP contribution in [0.1, 0.15) is 16.2 Å². The summed E-state index contributed by atoms with van der Waals surface area (Å²) in [5, 5.41) is 7.20. The van der Waals surface area contributed by atoms with Crippen LogP contribution in [0, 0.1) is 12.7 Å². The van der Waals surface area contributed by atoms with E-state index in [1.165, 1.54) is 26.4 Å². The maximum atomic E-state index is 13.5. The number of carbonyl (C=O) groups excluding carboxylic acids is 1. The number of anilines is 1. The van der Waals surface area contributed by atoms with Gasteiger partial charge in [0, 0.05) is 11.6 Å². The molecule has 32 heavy (non-hydrogen) atoms. The molecule has 0 aliphatic heterocycles. The quantitative estimate of drug-likeness (QED) is 0.480. The molecule has 162 valence electrons. The first-order valence-corrected chi connectivity index (χ1v) is 9.82. The van der Waals surface area contributed by atoms with Crippen molar-refractivity contribution < 1.29 is 18.7 Å². The number of rotatable bonds is 6. The van der Waals surface area contributed by atoms with Crippen LogP contribution in [0.5, 0.6) is 11.5 Å². The molecule has 0 bridgehead atoms. The van der Waals surface area contributed by atoms with Crippen LogP contribution in [0.4, 0.5) is 10.1 Å². The predicted molar refractivity (Wildman–Crippen MR) is 119 cm³/mol. The van der Waals surface area contributed by atoms with Crippen LogP contribution in [-0.4, -0.2) is 34.9 Å². The summed E-state index contributed by atoms with van der Waals surface area (Å²) in [6.07, 6.45) is 0. The van der Waals surface area contributed by atoms with E-state index < -0.39 is 5.91 Å². The van der Waals surface area contributed by atoms with Gasteiger partial charge in [0.05, 0.1) is 25.6 Å². The highest BCUT2D eigenvalue weighted by Gasteiger charge is 2.20. The molecule has 0 aliphatic rings. The van der Waals surface area contributed by atoms with Gasteiger partial charge in [-0.05, 0) is 55.5 Å². The molecule has 0 fully saturated rings. The van der Waals surface area contributed by atoms with Crippen LogP contribution in [0.3, 0.4) is 0 Å². The second-order valence-electron chi connectivity index (χ2n) is 7.03. The monoisotopic (exact) mass is 432 g/mol. The van der Waals surface area contributed by atoms with Gasteiger partial charge in [-0.3, -0.25) is 4.79 Å². The molecular weight excluding hydrogens is 411 g/mol. The molecule has 0 aliphatic carbocycles. The zero-order valence-electron chi connectivity index (χ0n) is 17.8. The zero-order valence-corrected chi connectivity index (χ0v) is 17.8. The molecule has 1 aromatic heterocycles. The molecule has 8 heteroatoms. The molecule has 1 N–H and O–H groups in total. The predicted octanol–water partition coefficient (Wildman–Crippen LogP) is 4.65. The topological polar surface area (TPSA) is 78.3 Å². The fraction of sp³-hybridized carbons (Fsp3) is 0.125. The number of hydrogen-bond acceptors (Lipinski definition) is 5. The van der Waals surface area contributed by atoms with Crippen molar-refractivity contribution in [3.05, 3.63) is 83.9 Å². The van der Waals surface area contributed by atoms with Gasteiger partial charge in [-0.15, -0.1) is 5.10 Å². The Balaban J connectivity index is 1.75. The lowest BCUT2D eigenvalue weighted by atomic mass is 10.2. The van der Waals surface area contributed by atoms with E-state index in [4.69, 9.17) is 9.47 Å². The molecule has 0 spiro atoms. The van der Waals surface area contributed by atoms with Crippen molar-refractivity contribution in [2.45, 2.75) is 6.92 Å². The van der Waals surface area contributed by atoms with Crippen molar-refractivity contribution >= 4 is 11.6 Å². The second-order valence-corrected chi connectivity index (χ2v) is 7.03.